The topological polar surface area (TPSA) is 55.2 Å². The smallest absolute Gasteiger partial charge is 0.263 e. The highest BCUT2D eigenvalue weighted by molar-refractivity contribution is 7.99. The second kappa shape index (κ2) is 8.78. The number of aromatic nitrogens is 2. The molecule has 0 N–H and O–H groups in total. The van der Waals surface area contributed by atoms with E-state index >= 15 is 0 Å². The van der Waals surface area contributed by atoms with Gasteiger partial charge in [-0.1, -0.05) is 38.5 Å². The maximum absolute atomic E-state index is 13.1. The average Bonchev–Trinajstić information content (AvgIpc) is 2.82. The molecular formula is C20H29N3O2S2. The van der Waals surface area contributed by atoms with Crippen molar-refractivity contribution in [3.8, 4) is 0 Å². The summed E-state index contributed by atoms with van der Waals surface area (Å²) < 4.78 is 1.77. The Morgan fingerprint density at radius 1 is 1.19 bits per heavy atom. The number of hydrogen-bond acceptors (Lipinski definition) is 5. The third-order valence-electron chi connectivity index (χ3n) is 5.09. The maximum atomic E-state index is 13.1. The zero-order valence-electron chi connectivity index (χ0n) is 16.7. The van der Waals surface area contributed by atoms with Crippen molar-refractivity contribution in [3.63, 3.8) is 0 Å². The molecule has 27 heavy (non-hydrogen) atoms. The van der Waals surface area contributed by atoms with E-state index in [1.165, 1.54) is 24.6 Å². The number of rotatable bonds is 5. The van der Waals surface area contributed by atoms with E-state index in [9.17, 15) is 9.59 Å². The van der Waals surface area contributed by atoms with Gasteiger partial charge in [-0.05, 0) is 38.2 Å². The van der Waals surface area contributed by atoms with Gasteiger partial charge in [-0.3, -0.25) is 14.2 Å². The zero-order chi connectivity index (χ0) is 19.6. The van der Waals surface area contributed by atoms with Crippen molar-refractivity contribution < 1.29 is 4.79 Å². The molecule has 1 aliphatic rings. The van der Waals surface area contributed by atoms with Crippen molar-refractivity contribution >= 4 is 39.2 Å². The van der Waals surface area contributed by atoms with E-state index in [1.54, 1.807) is 15.9 Å². The molecule has 7 heteroatoms. The van der Waals surface area contributed by atoms with E-state index in [0.717, 1.165) is 46.6 Å². The Morgan fingerprint density at radius 3 is 2.48 bits per heavy atom. The lowest BCUT2D eigenvalue weighted by Gasteiger charge is -2.20. The summed E-state index contributed by atoms with van der Waals surface area (Å²) in [6.07, 6.45) is 4.60. The summed E-state index contributed by atoms with van der Waals surface area (Å²) >= 11 is 2.98. The maximum Gasteiger partial charge on any atom is 0.263 e. The highest BCUT2D eigenvalue weighted by Crippen LogP contribution is 2.29. The van der Waals surface area contributed by atoms with Crippen LogP contribution < -0.4 is 5.56 Å². The van der Waals surface area contributed by atoms with Gasteiger partial charge in [0.25, 0.3) is 5.56 Å². The molecule has 0 unspecified atom stereocenters. The predicted octanol–water partition coefficient (Wildman–Crippen LogP) is 4.23. The number of thiophene rings is 1. The average molecular weight is 408 g/mol. The van der Waals surface area contributed by atoms with Crippen molar-refractivity contribution in [2.75, 3.05) is 18.8 Å². The molecule has 5 nitrogen and oxygen atoms in total. The fraction of sp³-hybridized carbons (Fsp3) is 0.650. The van der Waals surface area contributed by atoms with E-state index in [4.69, 9.17) is 4.98 Å². The minimum absolute atomic E-state index is 0.0280. The standard InChI is InChI=1S/C20H29N3O2S2/c1-13(2)11-23-19(25)17-14(3)15(4)27-18(17)21-20(23)26-12-16(24)22-9-7-5-6-8-10-22/h13H,5-12H2,1-4H3. The van der Waals surface area contributed by atoms with Crippen molar-refractivity contribution in [3.05, 3.63) is 20.8 Å². The number of fused-ring (bicyclic) bond motifs is 1. The summed E-state index contributed by atoms with van der Waals surface area (Å²) in [5.74, 6) is 0.841. The summed E-state index contributed by atoms with van der Waals surface area (Å²) in [5.41, 5.74) is 1.06. The van der Waals surface area contributed by atoms with Gasteiger partial charge in [-0.25, -0.2) is 4.98 Å². The molecule has 3 rings (SSSR count). The zero-order valence-corrected chi connectivity index (χ0v) is 18.3. The fourth-order valence-electron chi connectivity index (χ4n) is 3.48. The second-order valence-electron chi connectivity index (χ2n) is 7.75. The molecule has 1 saturated heterocycles. The molecule has 1 aliphatic heterocycles. The first-order valence-corrected chi connectivity index (χ1v) is 11.6. The van der Waals surface area contributed by atoms with Crippen LogP contribution in [-0.2, 0) is 11.3 Å². The van der Waals surface area contributed by atoms with E-state index in [0.29, 0.717) is 23.4 Å². The van der Waals surface area contributed by atoms with E-state index in [-0.39, 0.29) is 11.5 Å². The molecule has 0 aliphatic carbocycles. The molecular weight excluding hydrogens is 378 g/mol. The summed E-state index contributed by atoms with van der Waals surface area (Å²) in [6, 6.07) is 0. The second-order valence-corrected chi connectivity index (χ2v) is 9.90. The third-order valence-corrected chi connectivity index (χ3v) is 7.15. The van der Waals surface area contributed by atoms with E-state index in [2.05, 4.69) is 13.8 Å². The lowest BCUT2D eigenvalue weighted by Crippen LogP contribution is -2.33. The van der Waals surface area contributed by atoms with Crippen LogP contribution in [0.1, 0.15) is 50.0 Å². The molecule has 0 saturated carbocycles. The van der Waals surface area contributed by atoms with Gasteiger partial charge in [-0.2, -0.15) is 0 Å². The number of thioether (sulfide) groups is 1. The number of amides is 1. The molecule has 148 valence electrons. The molecule has 1 amide bonds. The van der Waals surface area contributed by atoms with Gasteiger partial charge in [0, 0.05) is 24.5 Å². The third kappa shape index (κ3) is 4.57. The number of likely N-dealkylation sites (tertiary alicyclic amines) is 1. The first-order valence-electron chi connectivity index (χ1n) is 9.79. The number of carbonyl (C=O) groups is 1. The van der Waals surface area contributed by atoms with Crippen molar-refractivity contribution in [1.82, 2.24) is 14.5 Å². The van der Waals surface area contributed by atoms with Crippen molar-refractivity contribution in [2.24, 2.45) is 5.92 Å². The molecule has 0 radical (unpaired) electrons. The van der Waals surface area contributed by atoms with Crippen LogP contribution in [-0.4, -0.2) is 39.2 Å². The Bertz CT molecular complexity index is 877. The molecule has 1 fully saturated rings. The molecule has 0 spiro atoms. The Labute approximate surface area is 169 Å². The van der Waals surface area contributed by atoms with Gasteiger partial charge >= 0.3 is 0 Å². The SMILES string of the molecule is Cc1sc2nc(SCC(=O)N3CCCCCC3)n(CC(C)C)c(=O)c2c1C. The van der Waals surface area contributed by atoms with Crippen LogP contribution in [0.5, 0.6) is 0 Å². The summed E-state index contributed by atoms with van der Waals surface area (Å²) in [4.78, 5) is 34.5. The van der Waals surface area contributed by atoms with Crippen LogP contribution in [0.4, 0.5) is 0 Å². The van der Waals surface area contributed by atoms with Gasteiger partial charge in [-0.15, -0.1) is 11.3 Å². The summed E-state index contributed by atoms with van der Waals surface area (Å²) in [6.45, 7) is 10.5. The summed E-state index contributed by atoms with van der Waals surface area (Å²) in [5, 5.41) is 1.41. The van der Waals surface area contributed by atoms with Gasteiger partial charge in [0.05, 0.1) is 11.1 Å². The van der Waals surface area contributed by atoms with Crippen molar-refractivity contribution in [1.29, 1.82) is 0 Å². The first kappa shape index (κ1) is 20.4. The lowest BCUT2D eigenvalue weighted by atomic mass is 10.2. The van der Waals surface area contributed by atoms with E-state index in [1.807, 2.05) is 18.7 Å². The quantitative estimate of drug-likeness (QED) is 0.550. The van der Waals surface area contributed by atoms with Crippen LogP contribution in [0.2, 0.25) is 0 Å². The minimum atomic E-state index is 0.0280. The van der Waals surface area contributed by atoms with Crippen LogP contribution >= 0.6 is 23.1 Å². The minimum Gasteiger partial charge on any atom is -0.342 e. The van der Waals surface area contributed by atoms with E-state index < -0.39 is 0 Å². The number of carbonyl (C=O) groups excluding carboxylic acids is 1. The predicted molar refractivity (Wildman–Crippen MR) is 114 cm³/mol. The Balaban J connectivity index is 1.88. The van der Waals surface area contributed by atoms with Gasteiger partial charge in [0.15, 0.2) is 5.16 Å². The van der Waals surface area contributed by atoms with Crippen LogP contribution in [0.3, 0.4) is 0 Å². The highest BCUT2D eigenvalue weighted by Gasteiger charge is 2.20. The van der Waals surface area contributed by atoms with Gasteiger partial charge in [0.2, 0.25) is 5.91 Å². The Hall–Kier alpha value is -1.34. The molecule has 2 aromatic rings. The monoisotopic (exact) mass is 407 g/mol. The Kier molecular flexibility index (Phi) is 6.63. The highest BCUT2D eigenvalue weighted by atomic mass is 32.2. The molecule has 0 atom stereocenters. The lowest BCUT2D eigenvalue weighted by molar-refractivity contribution is -0.128. The number of nitrogens with zero attached hydrogens (tertiary/aromatic N) is 3. The van der Waals surface area contributed by atoms with Crippen LogP contribution in [0.15, 0.2) is 9.95 Å². The summed E-state index contributed by atoms with van der Waals surface area (Å²) in [7, 11) is 0. The Morgan fingerprint density at radius 2 is 1.85 bits per heavy atom. The number of hydrogen-bond donors (Lipinski definition) is 0. The van der Waals surface area contributed by atoms with Crippen molar-refractivity contribution in [2.45, 2.75) is 65.1 Å². The molecule has 0 aromatic carbocycles. The number of aryl methyl sites for hydroxylation is 2. The molecule has 2 aromatic heterocycles. The fourth-order valence-corrected chi connectivity index (χ4v) is 5.46. The van der Waals surface area contributed by atoms with Crippen LogP contribution in [0, 0.1) is 19.8 Å². The first-order chi connectivity index (χ1) is 12.9. The van der Waals surface area contributed by atoms with Gasteiger partial charge < -0.3 is 4.90 Å². The van der Waals surface area contributed by atoms with Crippen LogP contribution in [0.25, 0.3) is 10.2 Å². The molecule has 3 heterocycles. The molecule has 0 bridgehead atoms. The largest absolute Gasteiger partial charge is 0.342 e. The van der Waals surface area contributed by atoms with Gasteiger partial charge in [0.1, 0.15) is 4.83 Å². The normalized spacial score (nSPS) is 15.5.